The van der Waals surface area contributed by atoms with E-state index in [1.54, 1.807) is 4.90 Å². The summed E-state index contributed by atoms with van der Waals surface area (Å²) in [4.78, 5) is 13.8. The molecule has 2 rings (SSSR count). The third kappa shape index (κ3) is 2.72. The van der Waals surface area contributed by atoms with Crippen LogP contribution in [0, 0.1) is 5.92 Å². The minimum atomic E-state index is -0.464. The number of likely N-dealkylation sites (tertiary alicyclic amines) is 1. The van der Waals surface area contributed by atoms with Crippen LogP contribution in [0.4, 0.5) is 4.79 Å². The molecule has 0 saturated carbocycles. The van der Waals surface area contributed by atoms with Gasteiger partial charge < -0.3 is 20.1 Å². The molecule has 5 heteroatoms. The molecule has 98 valence electrons. The van der Waals surface area contributed by atoms with Crippen molar-refractivity contribution in [3.63, 3.8) is 0 Å². The largest absolute Gasteiger partial charge is 0.444 e. The monoisotopic (exact) mass is 242 g/mol. The zero-order valence-electron chi connectivity index (χ0n) is 10.8. The molecule has 3 unspecified atom stereocenters. The summed E-state index contributed by atoms with van der Waals surface area (Å²) in [5, 5.41) is 0. The number of hydrogen-bond donors (Lipinski definition) is 1. The smallest absolute Gasteiger partial charge is 0.410 e. The second-order valence-electron chi connectivity index (χ2n) is 5.89. The molecule has 5 nitrogen and oxygen atoms in total. The van der Waals surface area contributed by atoms with Gasteiger partial charge in [0.2, 0.25) is 0 Å². The molecule has 0 aromatic carbocycles. The van der Waals surface area contributed by atoms with E-state index in [-0.39, 0.29) is 18.2 Å². The van der Waals surface area contributed by atoms with Gasteiger partial charge in [-0.25, -0.2) is 4.79 Å². The fraction of sp³-hybridized carbons (Fsp3) is 0.917. The molecule has 0 bridgehead atoms. The third-order valence-electron chi connectivity index (χ3n) is 3.36. The van der Waals surface area contributed by atoms with Crippen LogP contribution >= 0.6 is 0 Å². The van der Waals surface area contributed by atoms with Crippen molar-refractivity contribution in [2.75, 3.05) is 19.8 Å². The summed E-state index contributed by atoms with van der Waals surface area (Å²) in [7, 11) is 0. The van der Waals surface area contributed by atoms with E-state index in [9.17, 15) is 4.79 Å². The first-order valence-corrected chi connectivity index (χ1v) is 6.21. The number of nitrogens with zero attached hydrogens (tertiary/aromatic N) is 1. The first-order valence-electron chi connectivity index (χ1n) is 6.21. The SMILES string of the molecule is CC(C)(C)OC(=O)N1CC(N)C2CCOCC21. The average Bonchev–Trinajstić information content (AvgIpc) is 2.55. The van der Waals surface area contributed by atoms with Crippen LogP contribution in [0.5, 0.6) is 0 Å². The van der Waals surface area contributed by atoms with E-state index in [1.165, 1.54) is 0 Å². The Kier molecular flexibility index (Phi) is 3.32. The molecule has 3 atom stereocenters. The van der Waals surface area contributed by atoms with Gasteiger partial charge in [0.1, 0.15) is 5.60 Å². The number of fused-ring (bicyclic) bond motifs is 1. The van der Waals surface area contributed by atoms with Crippen molar-refractivity contribution in [2.24, 2.45) is 11.7 Å². The van der Waals surface area contributed by atoms with Gasteiger partial charge in [0.15, 0.2) is 0 Å². The van der Waals surface area contributed by atoms with Crippen LogP contribution in [0.1, 0.15) is 27.2 Å². The van der Waals surface area contributed by atoms with Gasteiger partial charge in [-0.3, -0.25) is 0 Å². The van der Waals surface area contributed by atoms with Crippen LogP contribution in [0.15, 0.2) is 0 Å². The highest BCUT2D eigenvalue weighted by Gasteiger charge is 2.45. The van der Waals surface area contributed by atoms with Gasteiger partial charge in [-0.15, -0.1) is 0 Å². The zero-order valence-corrected chi connectivity index (χ0v) is 10.8. The average molecular weight is 242 g/mol. The van der Waals surface area contributed by atoms with E-state index in [0.717, 1.165) is 13.0 Å². The van der Waals surface area contributed by atoms with Crippen LogP contribution in [0.3, 0.4) is 0 Å². The van der Waals surface area contributed by atoms with Gasteiger partial charge in [-0.2, -0.15) is 0 Å². The quantitative estimate of drug-likeness (QED) is 0.687. The Morgan fingerprint density at radius 2 is 2.18 bits per heavy atom. The van der Waals surface area contributed by atoms with Gasteiger partial charge in [0.25, 0.3) is 0 Å². The van der Waals surface area contributed by atoms with Crippen LogP contribution < -0.4 is 5.73 Å². The van der Waals surface area contributed by atoms with Crippen LogP contribution in [-0.2, 0) is 9.47 Å². The second-order valence-corrected chi connectivity index (χ2v) is 5.89. The summed E-state index contributed by atoms with van der Waals surface area (Å²) in [6, 6.07) is 0.144. The predicted octanol–water partition coefficient (Wildman–Crippen LogP) is 0.969. The molecular formula is C12H22N2O3. The maximum Gasteiger partial charge on any atom is 0.410 e. The predicted molar refractivity (Wildman–Crippen MR) is 63.6 cm³/mol. The maximum atomic E-state index is 12.1. The summed E-state index contributed by atoms with van der Waals surface area (Å²) in [6.07, 6.45) is 0.663. The Morgan fingerprint density at radius 3 is 2.82 bits per heavy atom. The maximum absolute atomic E-state index is 12.1. The number of ether oxygens (including phenoxy) is 2. The minimum absolute atomic E-state index is 0.0522. The third-order valence-corrected chi connectivity index (χ3v) is 3.36. The van der Waals surface area contributed by atoms with Crippen molar-refractivity contribution < 1.29 is 14.3 Å². The van der Waals surface area contributed by atoms with Crippen molar-refractivity contribution in [2.45, 2.75) is 44.9 Å². The fourth-order valence-corrected chi connectivity index (χ4v) is 2.59. The minimum Gasteiger partial charge on any atom is -0.444 e. The van der Waals surface area contributed by atoms with Gasteiger partial charge in [0, 0.05) is 25.1 Å². The molecule has 0 aliphatic carbocycles. The molecule has 2 heterocycles. The van der Waals surface area contributed by atoms with Crippen molar-refractivity contribution in [3.8, 4) is 0 Å². The Hall–Kier alpha value is -0.810. The van der Waals surface area contributed by atoms with Crippen molar-refractivity contribution in [3.05, 3.63) is 0 Å². The standard InChI is InChI=1S/C12H22N2O3/c1-12(2,3)17-11(15)14-6-9(13)8-4-5-16-7-10(8)14/h8-10H,4-7,13H2,1-3H3. The summed E-state index contributed by atoms with van der Waals surface area (Å²) in [6.45, 7) is 7.52. The molecule has 0 radical (unpaired) electrons. The number of rotatable bonds is 0. The first kappa shape index (κ1) is 12.6. The first-order chi connectivity index (χ1) is 7.88. The number of nitrogens with two attached hydrogens (primary N) is 1. The van der Waals surface area contributed by atoms with E-state index in [4.69, 9.17) is 15.2 Å². The lowest BCUT2D eigenvalue weighted by molar-refractivity contribution is -0.0110. The zero-order chi connectivity index (χ0) is 12.6. The van der Waals surface area contributed by atoms with E-state index < -0.39 is 5.60 Å². The molecule has 2 N–H and O–H groups in total. The number of hydrogen-bond acceptors (Lipinski definition) is 4. The van der Waals surface area contributed by atoms with Gasteiger partial charge >= 0.3 is 6.09 Å². The highest BCUT2D eigenvalue weighted by Crippen LogP contribution is 2.31. The molecule has 0 aromatic heterocycles. The summed E-state index contributed by atoms with van der Waals surface area (Å²) >= 11 is 0. The number of carbonyl (C=O) groups is 1. The van der Waals surface area contributed by atoms with Gasteiger partial charge in [-0.05, 0) is 27.2 Å². The molecule has 0 spiro atoms. The normalized spacial score (nSPS) is 33.4. The van der Waals surface area contributed by atoms with Crippen LogP contribution in [0.25, 0.3) is 0 Å². The van der Waals surface area contributed by atoms with E-state index in [1.807, 2.05) is 20.8 Å². The summed E-state index contributed by atoms with van der Waals surface area (Å²) in [5.41, 5.74) is 5.61. The summed E-state index contributed by atoms with van der Waals surface area (Å²) in [5.74, 6) is 0.358. The Balaban J connectivity index is 2.04. The number of amides is 1. The van der Waals surface area contributed by atoms with Crippen LogP contribution in [0.2, 0.25) is 0 Å². The molecule has 2 fully saturated rings. The van der Waals surface area contributed by atoms with E-state index in [0.29, 0.717) is 19.1 Å². The fourth-order valence-electron chi connectivity index (χ4n) is 2.59. The second kappa shape index (κ2) is 4.46. The topological polar surface area (TPSA) is 64.8 Å². The van der Waals surface area contributed by atoms with E-state index in [2.05, 4.69) is 0 Å². The lowest BCUT2D eigenvalue weighted by Gasteiger charge is -2.32. The molecule has 2 aliphatic heterocycles. The Bertz CT molecular complexity index is 301. The highest BCUT2D eigenvalue weighted by molar-refractivity contribution is 5.69. The van der Waals surface area contributed by atoms with E-state index >= 15 is 0 Å². The van der Waals surface area contributed by atoms with Gasteiger partial charge in [0.05, 0.1) is 12.6 Å². The Morgan fingerprint density at radius 1 is 1.47 bits per heavy atom. The lowest BCUT2D eigenvalue weighted by Crippen LogP contribution is -2.45. The molecule has 1 amide bonds. The molecule has 2 saturated heterocycles. The van der Waals surface area contributed by atoms with Gasteiger partial charge in [-0.1, -0.05) is 0 Å². The van der Waals surface area contributed by atoms with Crippen LogP contribution in [-0.4, -0.2) is 48.4 Å². The molecular weight excluding hydrogens is 220 g/mol. The van der Waals surface area contributed by atoms with Crippen molar-refractivity contribution >= 4 is 6.09 Å². The molecule has 17 heavy (non-hydrogen) atoms. The highest BCUT2D eigenvalue weighted by atomic mass is 16.6. The summed E-state index contributed by atoms with van der Waals surface area (Å²) < 4.78 is 10.8. The van der Waals surface area contributed by atoms with Crippen molar-refractivity contribution in [1.82, 2.24) is 4.90 Å². The molecule has 2 aliphatic rings. The number of carbonyl (C=O) groups excluding carboxylic acids is 1. The van der Waals surface area contributed by atoms with Crippen molar-refractivity contribution in [1.29, 1.82) is 0 Å². The Labute approximate surface area is 102 Å². The lowest BCUT2D eigenvalue weighted by atomic mass is 9.92. The molecule has 0 aromatic rings.